The lowest BCUT2D eigenvalue weighted by molar-refractivity contribution is -0.138. The van der Waals surface area contributed by atoms with Crippen molar-refractivity contribution in [1.29, 1.82) is 5.26 Å². The van der Waals surface area contributed by atoms with E-state index in [4.69, 9.17) is 9.68 Å². The molecule has 2 rings (SSSR count). The van der Waals surface area contributed by atoms with Crippen LogP contribution in [0.25, 0.3) is 11.3 Å². The molecule has 0 aliphatic rings. The number of hydrogen-bond acceptors (Lipinski definition) is 2. The van der Waals surface area contributed by atoms with Crippen LogP contribution >= 0.6 is 0 Å². The van der Waals surface area contributed by atoms with Crippen molar-refractivity contribution in [2.75, 3.05) is 0 Å². The van der Waals surface area contributed by atoms with Crippen molar-refractivity contribution in [3.63, 3.8) is 0 Å². The minimum absolute atomic E-state index is 0.0366. The van der Waals surface area contributed by atoms with Crippen LogP contribution in [0, 0.1) is 11.3 Å². The molecular formula is C12H6F3NO. The van der Waals surface area contributed by atoms with E-state index in [1.165, 1.54) is 6.07 Å². The first-order chi connectivity index (χ1) is 8.02. The van der Waals surface area contributed by atoms with E-state index in [0.29, 0.717) is 5.56 Å². The lowest BCUT2D eigenvalue weighted by Crippen LogP contribution is -2.04. The van der Waals surface area contributed by atoms with Crippen LogP contribution in [0.5, 0.6) is 0 Å². The number of nitriles is 1. The van der Waals surface area contributed by atoms with E-state index in [-0.39, 0.29) is 5.76 Å². The highest BCUT2D eigenvalue weighted by atomic mass is 19.4. The van der Waals surface area contributed by atoms with Crippen molar-refractivity contribution < 1.29 is 17.6 Å². The Labute approximate surface area is 94.9 Å². The summed E-state index contributed by atoms with van der Waals surface area (Å²) >= 11 is 0. The summed E-state index contributed by atoms with van der Waals surface area (Å²) < 4.78 is 42.6. The van der Waals surface area contributed by atoms with Gasteiger partial charge in [-0.05, 0) is 6.07 Å². The second-order valence-corrected chi connectivity index (χ2v) is 3.33. The van der Waals surface area contributed by atoms with Gasteiger partial charge in [0.15, 0.2) is 0 Å². The van der Waals surface area contributed by atoms with Gasteiger partial charge in [0.25, 0.3) is 0 Å². The fourth-order valence-corrected chi connectivity index (χ4v) is 1.43. The monoisotopic (exact) mass is 237 g/mol. The average Bonchev–Trinajstić information content (AvgIpc) is 2.74. The van der Waals surface area contributed by atoms with Crippen molar-refractivity contribution in [1.82, 2.24) is 0 Å². The Kier molecular flexibility index (Phi) is 2.64. The normalized spacial score (nSPS) is 11.2. The molecule has 0 spiro atoms. The Morgan fingerprint density at radius 1 is 1.12 bits per heavy atom. The molecule has 1 aromatic heterocycles. The number of hydrogen-bond donors (Lipinski definition) is 0. The van der Waals surface area contributed by atoms with Crippen LogP contribution < -0.4 is 0 Å². The van der Waals surface area contributed by atoms with E-state index < -0.39 is 17.5 Å². The molecule has 0 aliphatic carbocycles. The third-order valence-corrected chi connectivity index (χ3v) is 2.20. The second kappa shape index (κ2) is 3.98. The molecule has 17 heavy (non-hydrogen) atoms. The van der Waals surface area contributed by atoms with Crippen molar-refractivity contribution in [2.24, 2.45) is 0 Å². The zero-order valence-corrected chi connectivity index (χ0v) is 8.45. The Morgan fingerprint density at radius 3 is 2.24 bits per heavy atom. The van der Waals surface area contributed by atoms with Crippen molar-refractivity contribution >= 4 is 0 Å². The molecule has 1 heterocycles. The number of furan rings is 1. The standard InChI is InChI=1S/C12H6F3NO/c13-12(14,15)9-6-10(17-11(9)7-16)8-4-2-1-3-5-8/h1-6H. The highest BCUT2D eigenvalue weighted by Crippen LogP contribution is 2.36. The third-order valence-electron chi connectivity index (χ3n) is 2.20. The van der Waals surface area contributed by atoms with Gasteiger partial charge in [0.05, 0.1) is 0 Å². The van der Waals surface area contributed by atoms with Crippen LogP contribution in [0.15, 0.2) is 40.8 Å². The zero-order chi connectivity index (χ0) is 12.5. The molecule has 0 saturated heterocycles. The first-order valence-corrected chi connectivity index (χ1v) is 4.69. The van der Waals surface area contributed by atoms with Crippen molar-refractivity contribution in [3.8, 4) is 17.4 Å². The molecule has 1 aromatic carbocycles. The van der Waals surface area contributed by atoms with Crippen molar-refractivity contribution in [3.05, 3.63) is 47.7 Å². The summed E-state index contributed by atoms with van der Waals surface area (Å²) in [4.78, 5) is 0. The lowest BCUT2D eigenvalue weighted by atomic mass is 10.1. The van der Waals surface area contributed by atoms with E-state index in [1.807, 2.05) is 0 Å². The van der Waals surface area contributed by atoms with Crippen molar-refractivity contribution in [2.45, 2.75) is 6.18 Å². The number of nitrogens with zero attached hydrogens (tertiary/aromatic N) is 1. The highest BCUT2D eigenvalue weighted by Gasteiger charge is 2.37. The van der Waals surface area contributed by atoms with E-state index in [9.17, 15) is 13.2 Å². The molecule has 0 unspecified atom stereocenters. The minimum atomic E-state index is -4.58. The molecule has 0 N–H and O–H groups in total. The van der Waals surface area contributed by atoms with Gasteiger partial charge in [0, 0.05) is 5.56 Å². The molecule has 0 bridgehead atoms. The first-order valence-electron chi connectivity index (χ1n) is 4.69. The van der Waals surface area contributed by atoms with Crippen LogP contribution in [0.3, 0.4) is 0 Å². The predicted octanol–water partition coefficient (Wildman–Crippen LogP) is 3.84. The second-order valence-electron chi connectivity index (χ2n) is 3.33. The molecule has 0 saturated carbocycles. The summed E-state index contributed by atoms with van der Waals surface area (Å²) in [5, 5.41) is 8.60. The van der Waals surface area contributed by atoms with Gasteiger partial charge in [-0.2, -0.15) is 18.4 Å². The summed E-state index contributed by atoms with van der Waals surface area (Å²) in [5.41, 5.74) is -0.543. The Balaban J connectivity index is 2.54. The van der Waals surface area contributed by atoms with Gasteiger partial charge in [0.2, 0.25) is 5.76 Å². The molecule has 2 aromatic rings. The van der Waals surface area contributed by atoms with Crippen LogP contribution in [0.2, 0.25) is 0 Å². The fraction of sp³-hybridized carbons (Fsp3) is 0.0833. The summed E-state index contributed by atoms with van der Waals surface area (Å²) in [7, 11) is 0. The number of halogens is 3. The first kappa shape index (κ1) is 11.3. The van der Waals surface area contributed by atoms with Crippen LogP contribution in [0.4, 0.5) is 13.2 Å². The topological polar surface area (TPSA) is 36.9 Å². The maximum atomic E-state index is 12.6. The average molecular weight is 237 g/mol. The number of alkyl halides is 3. The maximum absolute atomic E-state index is 12.6. The van der Waals surface area contributed by atoms with Gasteiger partial charge in [-0.25, -0.2) is 0 Å². The van der Waals surface area contributed by atoms with Gasteiger partial charge in [-0.15, -0.1) is 0 Å². The van der Waals surface area contributed by atoms with E-state index in [0.717, 1.165) is 6.07 Å². The van der Waals surface area contributed by atoms with Gasteiger partial charge in [0.1, 0.15) is 17.4 Å². The largest absolute Gasteiger partial charge is 0.445 e. The Hall–Kier alpha value is -2.22. The summed E-state index contributed by atoms with van der Waals surface area (Å²) in [6.07, 6.45) is -4.58. The zero-order valence-electron chi connectivity index (χ0n) is 8.45. The summed E-state index contributed by atoms with van der Waals surface area (Å²) in [5.74, 6) is -0.675. The molecule has 2 nitrogen and oxygen atoms in total. The van der Waals surface area contributed by atoms with Gasteiger partial charge < -0.3 is 4.42 Å². The molecular weight excluding hydrogens is 231 g/mol. The molecule has 0 fully saturated rings. The Bertz CT molecular complexity index is 564. The molecule has 0 atom stereocenters. The summed E-state index contributed by atoms with van der Waals surface area (Å²) in [6.45, 7) is 0. The SMILES string of the molecule is N#Cc1oc(-c2ccccc2)cc1C(F)(F)F. The van der Waals surface area contributed by atoms with E-state index in [1.54, 1.807) is 30.3 Å². The predicted molar refractivity (Wildman–Crippen MR) is 53.9 cm³/mol. The van der Waals surface area contributed by atoms with Crippen LogP contribution in [-0.2, 0) is 6.18 Å². The Morgan fingerprint density at radius 2 is 1.76 bits per heavy atom. The van der Waals surface area contributed by atoms with E-state index >= 15 is 0 Å². The van der Waals surface area contributed by atoms with Crippen LogP contribution in [0.1, 0.15) is 11.3 Å². The van der Waals surface area contributed by atoms with Gasteiger partial charge in [-0.3, -0.25) is 0 Å². The third kappa shape index (κ3) is 2.16. The quantitative estimate of drug-likeness (QED) is 0.755. The minimum Gasteiger partial charge on any atom is -0.445 e. The van der Waals surface area contributed by atoms with E-state index in [2.05, 4.69) is 0 Å². The maximum Gasteiger partial charge on any atom is 0.420 e. The van der Waals surface area contributed by atoms with Gasteiger partial charge in [-0.1, -0.05) is 30.3 Å². The molecule has 0 aliphatic heterocycles. The molecule has 0 amide bonds. The molecule has 86 valence electrons. The lowest BCUT2D eigenvalue weighted by Gasteiger charge is -2.00. The van der Waals surface area contributed by atoms with Gasteiger partial charge >= 0.3 is 6.18 Å². The smallest absolute Gasteiger partial charge is 0.420 e. The van der Waals surface area contributed by atoms with Crippen LogP contribution in [-0.4, -0.2) is 0 Å². The molecule has 5 heteroatoms. The highest BCUT2D eigenvalue weighted by molar-refractivity contribution is 5.60. The fourth-order valence-electron chi connectivity index (χ4n) is 1.43. The summed E-state index contributed by atoms with van der Waals surface area (Å²) in [6, 6.07) is 10.6. The molecule has 0 radical (unpaired) electrons. The number of benzene rings is 1. The number of rotatable bonds is 1.